The Morgan fingerprint density at radius 1 is 1.71 bits per heavy atom. The molecule has 3 nitrogen and oxygen atoms in total. The molecule has 0 bridgehead atoms. The summed E-state index contributed by atoms with van der Waals surface area (Å²) in [5.74, 6) is -0.750. The Labute approximate surface area is 43.0 Å². The van der Waals surface area contributed by atoms with Gasteiger partial charge in [-0.2, -0.15) is 0 Å². The number of hydrogen-bond donors (Lipinski definition) is 1. The molecular weight excluding hydrogens is 94.0 g/mol. The highest BCUT2D eigenvalue weighted by Gasteiger charge is 1.95. The van der Waals surface area contributed by atoms with E-state index in [1.54, 1.807) is 0 Å². The fourth-order valence-electron chi connectivity index (χ4n) is 0.245. The van der Waals surface area contributed by atoms with Crippen LogP contribution >= 0.6 is 0 Å². The largest absolute Gasteiger partial charge is 0.369 e. The summed E-state index contributed by atoms with van der Waals surface area (Å²) in [5.41, 5.74) is 4.63. The lowest BCUT2D eigenvalue weighted by Gasteiger charge is -1.82. The van der Waals surface area contributed by atoms with Crippen molar-refractivity contribution in [1.82, 2.24) is 0 Å². The highest BCUT2D eigenvalue weighted by Crippen LogP contribution is 1.75. The van der Waals surface area contributed by atoms with Crippen LogP contribution in [0.25, 0.3) is 0 Å². The monoisotopic (exact) mass is 103 g/mol. The van der Waals surface area contributed by atoms with Crippen LogP contribution in [-0.2, 0) is 9.59 Å². The minimum absolute atomic E-state index is 0. The van der Waals surface area contributed by atoms with Gasteiger partial charge in [0.25, 0.3) is 0 Å². The van der Waals surface area contributed by atoms with Gasteiger partial charge in [0.05, 0.1) is 6.42 Å². The summed E-state index contributed by atoms with van der Waals surface area (Å²) >= 11 is 0. The van der Waals surface area contributed by atoms with Gasteiger partial charge in [0, 0.05) is 1.43 Å². The van der Waals surface area contributed by atoms with E-state index in [2.05, 4.69) is 5.73 Å². The molecule has 0 saturated carbocycles. The zero-order valence-electron chi connectivity index (χ0n) is 4.10. The molecule has 0 rings (SSSR count). The van der Waals surface area contributed by atoms with Crippen molar-refractivity contribution in [2.75, 3.05) is 0 Å². The first-order chi connectivity index (χ1) is 3.13. The number of amides is 1. The second-order valence-corrected chi connectivity index (χ2v) is 1.35. The molecule has 0 aromatic heterocycles. The van der Waals surface area contributed by atoms with Crippen LogP contribution in [0.3, 0.4) is 0 Å². The number of primary amides is 1. The van der Waals surface area contributed by atoms with Gasteiger partial charge in [-0.3, -0.25) is 9.59 Å². The Balaban J connectivity index is 0. The number of hydrogen-bond acceptors (Lipinski definition) is 2. The van der Waals surface area contributed by atoms with E-state index in [-0.39, 0.29) is 13.6 Å². The second-order valence-electron chi connectivity index (χ2n) is 1.35. The van der Waals surface area contributed by atoms with Crippen molar-refractivity contribution >= 4 is 11.7 Å². The summed E-state index contributed by atoms with van der Waals surface area (Å²) in [4.78, 5) is 19.8. The highest BCUT2D eigenvalue weighted by molar-refractivity contribution is 5.95. The maximum absolute atomic E-state index is 9.95. The zero-order chi connectivity index (χ0) is 5.86. The van der Waals surface area contributed by atoms with Gasteiger partial charge in [-0.15, -0.1) is 0 Å². The van der Waals surface area contributed by atoms with Crippen molar-refractivity contribution in [2.24, 2.45) is 5.73 Å². The Morgan fingerprint density at radius 2 is 2.14 bits per heavy atom. The minimum Gasteiger partial charge on any atom is -0.369 e. The smallest absolute Gasteiger partial charge is 0.224 e. The standard InChI is InChI=1S/C4H7NO2.H2/c1-3(6)2-4(5)7;/h2H2,1H3,(H2,5,7);1H. The molecule has 7 heavy (non-hydrogen) atoms. The normalized spacial score (nSPS) is 8.14. The number of Topliss-reactive ketones (excluding diaryl/α,β-unsaturated/α-hetero) is 1. The predicted octanol–water partition coefficient (Wildman–Crippen LogP) is -0.303. The lowest BCUT2D eigenvalue weighted by Crippen LogP contribution is -2.13. The fourth-order valence-corrected chi connectivity index (χ4v) is 0.245. The van der Waals surface area contributed by atoms with E-state index in [1.807, 2.05) is 0 Å². The Bertz CT molecular complexity index is 90.2. The van der Waals surface area contributed by atoms with Gasteiger partial charge >= 0.3 is 0 Å². The Kier molecular flexibility index (Phi) is 2.05. The number of ketones is 1. The van der Waals surface area contributed by atoms with Crippen LogP contribution in [-0.4, -0.2) is 11.7 Å². The first-order valence-electron chi connectivity index (χ1n) is 1.90. The molecule has 3 heteroatoms. The van der Waals surface area contributed by atoms with Crippen LogP contribution in [0.5, 0.6) is 0 Å². The third kappa shape index (κ3) is 5.14. The average Bonchev–Trinajstić information content (AvgIpc) is 1.27. The lowest BCUT2D eigenvalue weighted by atomic mass is 10.3. The molecule has 42 valence electrons. The molecule has 0 saturated heterocycles. The molecule has 0 aliphatic heterocycles. The van der Waals surface area contributed by atoms with Crippen LogP contribution in [0.15, 0.2) is 0 Å². The van der Waals surface area contributed by atoms with Gasteiger partial charge in [-0.05, 0) is 6.92 Å². The topological polar surface area (TPSA) is 60.2 Å². The minimum atomic E-state index is -0.562. The Hall–Kier alpha value is -0.860. The van der Waals surface area contributed by atoms with E-state index in [4.69, 9.17) is 0 Å². The van der Waals surface area contributed by atoms with E-state index >= 15 is 0 Å². The van der Waals surface area contributed by atoms with Crippen LogP contribution < -0.4 is 5.73 Å². The van der Waals surface area contributed by atoms with Crippen molar-refractivity contribution in [1.29, 1.82) is 0 Å². The van der Waals surface area contributed by atoms with Crippen molar-refractivity contribution in [3.8, 4) is 0 Å². The van der Waals surface area contributed by atoms with Gasteiger partial charge in [0.2, 0.25) is 5.91 Å². The van der Waals surface area contributed by atoms with Crippen LogP contribution in [0, 0.1) is 0 Å². The molecule has 0 atom stereocenters. The van der Waals surface area contributed by atoms with Crippen molar-refractivity contribution in [2.45, 2.75) is 13.3 Å². The molecule has 0 aliphatic rings. The summed E-state index contributed by atoms with van der Waals surface area (Å²) in [6, 6.07) is 0. The van der Waals surface area contributed by atoms with Gasteiger partial charge in [-0.1, -0.05) is 0 Å². The number of nitrogens with two attached hydrogens (primary N) is 1. The molecule has 0 aliphatic carbocycles. The zero-order valence-corrected chi connectivity index (χ0v) is 4.10. The third-order valence-corrected chi connectivity index (χ3v) is 0.423. The molecular formula is C4H9NO2. The fraction of sp³-hybridized carbons (Fsp3) is 0.500. The van der Waals surface area contributed by atoms with Crippen molar-refractivity contribution < 1.29 is 11.0 Å². The molecule has 0 aromatic carbocycles. The van der Waals surface area contributed by atoms with Crippen LogP contribution in [0.1, 0.15) is 14.8 Å². The summed E-state index contributed by atoms with van der Waals surface area (Å²) in [7, 11) is 0. The second kappa shape index (κ2) is 2.34. The summed E-state index contributed by atoms with van der Waals surface area (Å²) in [6.45, 7) is 1.32. The third-order valence-electron chi connectivity index (χ3n) is 0.423. The maximum Gasteiger partial charge on any atom is 0.224 e. The quantitative estimate of drug-likeness (QED) is 0.487. The van der Waals surface area contributed by atoms with Gasteiger partial charge in [-0.25, -0.2) is 0 Å². The first kappa shape index (κ1) is 6.14. The SMILES string of the molecule is CC(=O)CC(N)=O.[HH]. The predicted molar refractivity (Wildman–Crippen MR) is 26.6 cm³/mol. The highest BCUT2D eigenvalue weighted by atomic mass is 16.2. The number of carbonyl (C=O) groups is 2. The van der Waals surface area contributed by atoms with Gasteiger partial charge in [0.15, 0.2) is 0 Å². The molecule has 0 radical (unpaired) electrons. The van der Waals surface area contributed by atoms with E-state index in [0.717, 1.165) is 0 Å². The van der Waals surface area contributed by atoms with Crippen LogP contribution in [0.4, 0.5) is 0 Å². The van der Waals surface area contributed by atoms with Crippen LogP contribution in [0.2, 0.25) is 0 Å². The maximum atomic E-state index is 9.95. The lowest BCUT2D eigenvalue weighted by molar-refractivity contribution is -0.125. The molecule has 0 fully saturated rings. The number of carbonyl (C=O) groups excluding carboxylic acids is 2. The van der Waals surface area contributed by atoms with E-state index in [1.165, 1.54) is 6.92 Å². The summed E-state index contributed by atoms with van der Waals surface area (Å²) in [5, 5.41) is 0. The Morgan fingerprint density at radius 3 is 2.14 bits per heavy atom. The van der Waals surface area contributed by atoms with E-state index in [0.29, 0.717) is 0 Å². The van der Waals surface area contributed by atoms with Crippen molar-refractivity contribution in [3.05, 3.63) is 0 Å². The molecule has 2 N–H and O–H groups in total. The van der Waals surface area contributed by atoms with E-state index in [9.17, 15) is 9.59 Å². The summed E-state index contributed by atoms with van der Waals surface area (Å²) in [6.07, 6.45) is -0.139. The average molecular weight is 103 g/mol. The first-order valence-corrected chi connectivity index (χ1v) is 1.90. The molecule has 0 heterocycles. The van der Waals surface area contributed by atoms with Gasteiger partial charge < -0.3 is 5.73 Å². The molecule has 0 aromatic rings. The molecule has 0 spiro atoms. The van der Waals surface area contributed by atoms with Gasteiger partial charge in [0.1, 0.15) is 5.78 Å². The van der Waals surface area contributed by atoms with E-state index < -0.39 is 5.91 Å². The molecule has 1 amide bonds. The molecule has 0 unspecified atom stereocenters. The van der Waals surface area contributed by atoms with Crippen molar-refractivity contribution in [3.63, 3.8) is 0 Å². The summed E-state index contributed by atoms with van der Waals surface area (Å²) < 4.78 is 0. The number of rotatable bonds is 2.